The number of nitrogens with zero attached hydrogens (tertiary/aromatic N) is 2. The van der Waals surface area contributed by atoms with Crippen LogP contribution in [0.2, 0.25) is 10.0 Å². The van der Waals surface area contributed by atoms with Crippen molar-refractivity contribution < 1.29 is 14.3 Å². The lowest BCUT2D eigenvalue weighted by molar-refractivity contribution is -0.118. The van der Waals surface area contributed by atoms with Gasteiger partial charge in [-0.25, -0.2) is 10.4 Å². The molecule has 0 fully saturated rings. The molecule has 222 valence electrons. The number of carbonyl (C=O) groups excluding carboxylic acids is 2. The number of hydrogen-bond donors (Lipinski definition) is 3. The summed E-state index contributed by atoms with van der Waals surface area (Å²) in [6.07, 6.45) is 1.42. The highest BCUT2D eigenvalue weighted by Crippen LogP contribution is 2.28. The van der Waals surface area contributed by atoms with Gasteiger partial charge in [0.2, 0.25) is 0 Å². The Labute approximate surface area is 268 Å². The van der Waals surface area contributed by atoms with Crippen molar-refractivity contribution in [2.45, 2.75) is 13.8 Å². The van der Waals surface area contributed by atoms with E-state index in [2.05, 4.69) is 26.1 Å². The van der Waals surface area contributed by atoms with E-state index in [-0.39, 0.29) is 12.5 Å². The second kappa shape index (κ2) is 14.2. The first-order valence-corrected chi connectivity index (χ1v) is 15.1. The zero-order valence-corrected chi connectivity index (χ0v) is 26.1. The van der Waals surface area contributed by atoms with Crippen molar-refractivity contribution in [3.05, 3.63) is 123 Å². The number of hydrogen-bond acceptors (Lipinski definition) is 7. The summed E-state index contributed by atoms with van der Waals surface area (Å²) < 4.78 is 5.74. The number of aryl methyl sites for hydroxylation is 2. The summed E-state index contributed by atoms with van der Waals surface area (Å²) in [5.41, 5.74) is 8.77. The van der Waals surface area contributed by atoms with Gasteiger partial charge in [0.25, 0.3) is 11.8 Å². The molecule has 1 heterocycles. The normalized spacial score (nSPS) is 10.9. The smallest absolute Gasteiger partial charge is 0.271 e. The SMILES string of the molecule is Cc1ccc(NC(=O)COc2ccc(Cl)cc2/C=N\NC(=O)c2ccc(-c3csc(Nc4ccc(Cl)cc4)n3)cc2)c(C)c1. The Balaban J connectivity index is 1.17. The Morgan fingerprint density at radius 2 is 1.68 bits per heavy atom. The van der Waals surface area contributed by atoms with Crippen LogP contribution in [0, 0.1) is 13.8 Å². The zero-order valence-electron chi connectivity index (χ0n) is 23.7. The molecule has 0 aliphatic carbocycles. The van der Waals surface area contributed by atoms with Crippen LogP contribution < -0.4 is 20.8 Å². The molecule has 0 bridgehead atoms. The van der Waals surface area contributed by atoms with Crippen LogP contribution in [0.15, 0.2) is 95.4 Å². The first-order chi connectivity index (χ1) is 21.2. The summed E-state index contributed by atoms with van der Waals surface area (Å²) >= 11 is 13.6. The van der Waals surface area contributed by atoms with E-state index in [4.69, 9.17) is 27.9 Å². The highest BCUT2D eigenvalue weighted by molar-refractivity contribution is 7.14. The number of benzene rings is 4. The average Bonchev–Trinajstić information content (AvgIpc) is 3.48. The molecule has 5 aromatic rings. The number of amides is 2. The van der Waals surface area contributed by atoms with Crippen molar-refractivity contribution >= 4 is 69.1 Å². The molecule has 5 rings (SSSR count). The maximum atomic E-state index is 12.7. The number of thiazole rings is 1. The van der Waals surface area contributed by atoms with E-state index in [0.29, 0.717) is 26.9 Å². The second-order valence-electron chi connectivity index (χ2n) is 9.78. The molecular weight excluding hydrogens is 617 g/mol. The number of ether oxygens (including phenoxy) is 1. The fraction of sp³-hybridized carbons (Fsp3) is 0.0909. The third-order valence-corrected chi connectivity index (χ3v) is 7.64. The van der Waals surface area contributed by atoms with Crippen LogP contribution >= 0.6 is 34.5 Å². The summed E-state index contributed by atoms with van der Waals surface area (Å²) in [6, 6.07) is 25.1. The van der Waals surface area contributed by atoms with Crippen molar-refractivity contribution in [1.29, 1.82) is 0 Å². The molecular formula is C33H27Cl2N5O3S. The summed E-state index contributed by atoms with van der Waals surface area (Å²) in [4.78, 5) is 29.9. The first kappa shape index (κ1) is 30.7. The number of aromatic nitrogens is 1. The molecule has 11 heteroatoms. The van der Waals surface area contributed by atoms with E-state index in [1.165, 1.54) is 17.6 Å². The Morgan fingerprint density at radius 3 is 2.43 bits per heavy atom. The predicted molar refractivity (Wildman–Crippen MR) is 179 cm³/mol. The fourth-order valence-electron chi connectivity index (χ4n) is 4.17. The minimum Gasteiger partial charge on any atom is -0.483 e. The van der Waals surface area contributed by atoms with E-state index in [0.717, 1.165) is 38.9 Å². The monoisotopic (exact) mass is 643 g/mol. The van der Waals surface area contributed by atoms with Gasteiger partial charge < -0.3 is 15.4 Å². The van der Waals surface area contributed by atoms with Crippen LogP contribution in [0.3, 0.4) is 0 Å². The van der Waals surface area contributed by atoms with Gasteiger partial charge in [-0.1, -0.05) is 53.0 Å². The van der Waals surface area contributed by atoms with E-state index in [1.54, 1.807) is 30.3 Å². The fourth-order valence-corrected chi connectivity index (χ4v) is 5.22. The molecule has 8 nitrogen and oxygen atoms in total. The lowest BCUT2D eigenvalue weighted by Gasteiger charge is -2.12. The maximum absolute atomic E-state index is 12.7. The van der Waals surface area contributed by atoms with Crippen LogP contribution in [0.4, 0.5) is 16.5 Å². The van der Waals surface area contributed by atoms with Crippen molar-refractivity contribution in [2.75, 3.05) is 17.2 Å². The quantitative estimate of drug-likeness (QED) is 0.105. The number of nitrogens with one attached hydrogen (secondary N) is 3. The number of halogens is 2. The van der Waals surface area contributed by atoms with Gasteiger partial charge in [0, 0.05) is 43.5 Å². The highest BCUT2D eigenvalue weighted by atomic mass is 35.5. The third-order valence-electron chi connectivity index (χ3n) is 6.40. The van der Waals surface area contributed by atoms with Gasteiger partial charge in [0.1, 0.15) is 5.75 Å². The van der Waals surface area contributed by atoms with E-state index in [9.17, 15) is 9.59 Å². The van der Waals surface area contributed by atoms with Crippen molar-refractivity contribution in [1.82, 2.24) is 10.4 Å². The Kier molecular flexibility index (Phi) is 9.91. The van der Waals surface area contributed by atoms with E-state index < -0.39 is 5.91 Å². The molecule has 4 aromatic carbocycles. The highest BCUT2D eigenvalue weighted by Gasteiger charge is 2.11. The Bertz CT molecular complexity index is 1820. The number of hydrazone groups is 1. The average molecular weight is 645 g/mol. The largest absolute Gasteiger partial charge is 0.483 e. The van der Waals surface area contributed by atoms with Gasteiger partial charge in [-0.05, 0) is 80.1 Å². The van der Waals surface area contributed by atoms with Crippen molar-refractivity contribution in [2.24, 2.45) is 5.10 Å². The Hall–Kier alpha value is -4.70. The lowest BCUT2D eigenvalue weighted by atomic mass is 10.1. The molecule has 0 aliphatic rings. The van der Waals surface area contributed by atoms with Gasteiger partial charge in [-0.3, -0.25) is 9.59 Å². The van der Waals surface area contributed by atoms with Crippen LogP contribution in [-0.4, -0.2) is 29.6 Å². The molecule has 0 radical (unpaired) electrons. The van der Waals surface area contributed by atoms with Gasteiger partial charge in [0.05, 0.1) is 11.9 Å². The summed E-state index contributed by atoms with van der Waals surface area (Å²) in [5.74, 6) is -0.313. The molecule has 0 aliphatic heterocycles. The standard InChI is InChI=1S/C33H27Cl2N5O3S/c1-20-3-13-28(21(2)15-20)38-31(41)18-43-30-14-10-26(35)16-24(30)17-36-40-32(42)23-6-4-22(5-7-23)29-19-44-33(39-29)37-27-11-8-25(34)9-12-27/h3-17,19H,18H2,1-2H3,(H,37,39)(H,38,41)(H,40,42)/b36-17-. The number of anilines is 3. The molecule has 0 unspecified atom stereocenters. The number of rotatable bonds is 10. The molecule has 0 spiro atoms. The van der Waals surface area contributed by atoms with Gasteiger partial charge in [0.15, 0.2) is 11.7 Å². The molecule has 0 atom stereocenters. The predicted octanol–water partition coefficient (Wildman–Crippen LogP) is 8.26. The van der Waals surface area contributed by atoms with Gasteiger partial charge >= 0.3 is 0 Å². The van der Waals surface area contributed by atoms with Crippen molar-refractivity contribution in [3.63, 3.8) is 0 Å². The van der Waals surface area contributed by atoms with Crippen LogP contribution in [0.5, 0.6) is 5.75 Å². The van der Waals surface area contributed by atoms with Gasteiger partial charge in [-0.15, -0.1) is 11.3 Å². The zero-order chi connectivity index (χ0) is 31.1. The molecule has 3 N–H and O–H groups in total. The van der Waals surface area contributed by atoms with Crippen LogP contribution in [-0.2, 0) is 4.79 Å². The third kappa shape index (κ3) is 8.23. The first-order valence-electron chi connectivity index (χ1n) is 13.4. The van der Waals surface area contributed by atoms with Gasteiger partial charge in [-0.2, -0.15) is 5.10 Å². The topological polar surface area (TPSA) is 105 Å². The molecule has 1 aromatic heterocycles. The molecule has 44 heavy (non-hydrogen) atoms. The van der Waals surface area contributed by atoms with E-state index in [1.807, 2.05) is 73.8 Å². The second-order valence-corrected chi connectivity index (χ2v) is 11.5. The van der Waals surface area contributed by atoms with Crippen LogP contribution in [0.25, 0.3) is 11.3 Å². The minimum absolute atomic E-state index is 0.216. The molecule has 2 amide bonds. The lowest BCUT2D eigenvalue weighted by Crippen LogP contribution is -2.21. The van der Waals surface area contributed by atoms with E-state index >= 15 is 0 Å². The van der Waals surface area contributed by atoms with Crippen molar-refractivity contribution in [3.8, 4) is 17.0 Å². The van der Waals surface area contributed by atoms with Crippen LogP contribution in [0.1, 0.15) is 27.0 Å². The summed E-state index contributed by atoms with van der Waals surface area (Å²) in [7, 11) is 0. The molecule has 0 saturated carbocycles. The minimum atomic E-state index is -0.395. The maximum Gasteiger partial charge on any atom is 0.271 e. The summed E-state index contributed by atoms with van der Waals surface area (Å²) in [6.45, 7) is 3.70. The summed E-state index contributed by atoms with van der Waals surface area (Å²) in [5, 5.41) is 14.0. The number of carbonyl (C=O) groups is 2. The molecule has 0 saturated heterocycles. The Morgan fingerprint density at radius 1 is 0.932 bits per heavy atom.